The van der Waals surface area contributed by atoms with Crippen molar-refractivity contribution in [3.05, 3.63) is 87.7 Å². The maximum atomic E-state index is 15.5. The number of aromatic carboxylic acids is 1. The summed E-state index contributed by atoms with van der Waals surface area (Å²) in [6.07, 6.45) is 0.797. The van der Waals surface area contributed by atoms with Crippen molar-refractivity contribution in [2.45, 2.75) is 45.9 Å². The summed E-state index contributed by atoms with van der Waals surface area (Å²) in [5, 5.41) is 10.0. The third kappa shape index (κ3) is 6.06. The first kappa shape index (κ1) is 28.7. The Morgan fingerprint density at radius 3 is 2.70 bits per heavy atom. The number of fused-ring (bicyclic) bond motifs is 1. The molecule has 222 valence electrons. The molecular weight excluding hydrogens is 578 g/mol. The predicted molar refractivity (Wildman–Crippen MR) is 156 cm³/mol. The first-order chi connectivity index (χ1) is 20.8. The Bertz CT molecular complexity index is 1820. The highest BCUT2D eigenvalue weighted by atomic mass is 32.1. The minimum atomic E-state index is -1.06. The summed E-state index contributed by atoms with van der Waals surface area (Å²) in [4.78, 5) is 25.8. The highest BCUT2D eigenvalue weighted by Crippen LogP contribution is 2.30. The Kier molecular flexibility index (Phi) is 8.04. The molecule has 0 saturated carbocycles. The van der Waals surface area contributed by atoms with Crippen LogP contribution in [0.25, 0.3) is 22.3 Å². The van der Waals surface area contributed by atoms with E-state index in [1.165, 1.54) is 17.4 Å². The summed E-state index contributed by atoms with van der Waals surface area (Å²) in [6.45, 7) is 5.56. The zero-order valence-electron chi connectivity index (χ0n) is 23.5. The number of halogens is 2. The van der Waals surface area contributed by atoms with Gasteiger partial charge in [0.05, 0.1) is 52.1 Å². The summed E-state index contributed by atoms with van der Waals surface area (Å²) < 4.78 is 49.7. The fourth-order valence-electron chi connectivity index (χ4n) is 4.87. The van der Waals surface area contributed by atoms with Crippen molar-refractivity contribution in [3.8, 4) is 22.3 Å². The second-order valence-electron chi connectivity index (χ2n) is 10.1. The van der Waals surface area contributed by atoms with Crippen LogP contribution in [0.15, 0.2) is 48.5 Å². The molecular formula is C31H28F2N4O5S. The second-order valence-corrected chi connectivity index (χ2v) is 11.1. The van der Waals surface area contributed by atoms with Gasteiger partial charge in [-0.1, -0.05) is 17.4 Å². The average molecular weight is 607 g/mol. The molecule has 9 nitrogen and oxygen atoms in total. The van der Waals surface area contributed by atoms with Crippen molar-refractivity contribution >= 4 is 28.3 Å². The molecule has 6 rings (SSSR count). The van der Waals surface area contributed by atoms with Gasteiger partial charge in [0.25, 0.3) is 5.19 Å². The molecule has 0 spiro atoms. The van der Waals surface area contributed by atoms with Crippen molar-refractivity contribution in [2.24, 2.45) is 0 Å². The van der Waals surface area contributed by atoms with Crippen LogP contribution in [0.3, 0.4) is 0 Å². The Morgan fingerprint density at radius 1 is 1.12 bits per heavy atom. The van der Waals surface area contributed by atoms with Crippen molar-refractivity contribution < 1.29 is 32.9 Å². The Morgan fingerprint density at radius 2 is 1.95 bits per heavy atom. The minimum absolute atomic E-state index is 0.00134. The van der Waals surface area contributed by atoms with Gasteiger partial charge in [0, 0.05) is 24.7 Å². The Hall–Kier alpha value is -4.42. The Labute approximate surface area is 249 Å². The van der Waals surface area contributed by atoms with Crippen LogP contribution in [0.2, 0.25) is 0 Å². The van der Waals surface area contributed by atoms with E-state index >= 15 is 8.78 Å². The molecule has 1 N–H and O–H groups in total. The van der Waals surface area contributed by atoms with Crippen LogP contribution in [0, 0.1) is 18.6 Å². The van der Waals surface area contributed by atoms with E-state index in [-0.39, 0.29) is 47.4 Å². The number of imidazole rings is 1. The summed E-state index contributed by atoms with van der Waals surface area (Å²) in [5.41, 5.74) is 2.43. The number of pyridine rings is 1. The number of aryl methyl sites for hydroxylation is 1. The summed E-state index contributed by atoms with van der Waals surface area (Å²) in [5.74, 6) is -1.56. The van der Waals surface area contributed by atoms with Crippen LogP contribution >= 0.6 is 11.3 Å². The van der Waals surface area contributed by atoms with Gasteiger partial charge >= 0.3 is 5.97 Å². The molecule has 2 aromatic carbocycles. The number of thiazole rings is 1. The molecule has 0 bridgehead atoms. The van der Waals surface area contributed by atoms with Crippen molar-refractivity contribution in [1.82, 2.24) is 19.5 Å². The number of hydrogen-bond donors (Lipinski definition) is 1. The number of hydrogen-bond acceptors (Lipinski definition) is 8. The SMILES string of the molecule is CCOc1nc(C)c(COc2cccc(-c3cc(F)c(Cc4nc5ccc(C(=O)O)cc5n4CC4CCO4)cc3F)n2)s1. The summed E-state index contributed by atoms with van der Waals surface area (Å²) >= 11 is 1.39. The van der Waals surface area contributed by atoms with Crippen molar-refractivity contribution in [2.75, 3.05) is 13.2 Å². The fourth-order valence-corrected chi connectivity index (χ4v) is 5.75. The number of aromatic nitrogens is 4. The van der Waals surface area contributed by atoms with Crippen LogP contribution in [0.1, 0.15) is 45.7 Å². The van der Waals surface area contributed by atoms with E-state index in [0.29, 0.717) is 41.8 Å². The van der Waals surface area contributed by atoms with Gasteiger partial charge in [0.1, 0.15) is 24.1 Å². The van der Waals surface area contributed by atoms with E-state index in [4.69, 9.17) is 14.2 Å². The molecule has 0 aliphatic carbocycles. The number of carboxylic acids is 1. The molecule has 1 aliphatic rings. The van der Waals surface area contributed by atoms with Gasteiger partial charge in [-0.2, -0.15) is 0 Å². The van der Waals surface area contributed by atoms with Crippen LogP contribution in [-0.2, 0) is 24.3 Å². The van der Waals surface area contributed by atoms with Crippen LogP contribution < -0.4 is 9.47 Å². The number of nitrogens with zero attached hydrogens (tertiary/aromatic N) is 4. The zero-order chi connectivity index (χ0) is 30.1. The Balaban J connectivity index is 1.25. The molecule has 0 radical (unpaired) electrons. The monoisotopic (exact) mass is 606 g/mol. The van der Waals surface area contributed by atoms with E-state index in [1.54, 1.807) is 30.3 Å². The topological polar surface area (TPSA) is 109 Å². The van der Waals surface area contributed by atoms with Gasteiger partial charge in [0.15, 0.2) is 0 Å². The molecule has 12 heteroatoms. The normalized spacial score (nSPS) is 14.6. The van der Waals surface area contributed by atoms with E-state index in [0.717, 1.165) is 29.1 Å². The quantitative estimate of drug-likeness (QED) is 0.189. The zero-order valence-corrected chi connectivity index (χ0v) is 24.3. The molecule has 3 aromatic heterocycles. The summed E-state index contributed by atoms with van der Waals surface area (Å²) in [7, 11) is 0. The number of carbonyl (C=O) groups is 1. The molecule has 5 aromatic rings. The van der Waals surface area contributed by atoms with Crippen molar-refractivity contribution in [1.29, 1.82) is 0 Å². The lowest BCUT2D eigenvalue weighted by molar-refractivity contribution is -0.0589. The maximum Gasteiger partial charge on any atom is 0.335 e. The fraction of sp³-hybridized carbons (Fsp3) is 0.290. The summed E-state index contributed by atoms with van der Waals surface area (Å²) in [6, 6.07) is 11.8. The standard InChI is InChI=1S/C31H28F2N4O5S/c1-3-40-31-34-17(2)27(43-31)16-42-29-6-4-5-24(36-29)21-14-22(32)19(11-23(21)33)13-28-35-25-8-7-18(30(38)39)12-26(25)37(28)15-20-9-10-41-20/h4-8,11-12,14,20H,3,9-10,13,15-16H2,1-2H3,(H,38,39). The lowest BCUT2D eigenvalue weighted by Gasteiger charge is -2.27. The lowest BCUT2D eigenvalue weighted by Crippen LogP contribution is -2.31. The first-order valence-electron chi connectivity index (χ1n) is 13.8. The number of ether oxygens (including phenoxy) is 3. The van der Waals surface area contributed by atoms with Crippen LogP contribution in [-0.4, -0.2) is 49.9 Å². The molecule has 43 heavy (non-hydrogen) atoms. The largest absolute Gasteiger partial charge is 0.478 e. The number of rotatable bonds is 11. The van der Waals surface area contributed by atoms with E-state index in [1.807, 2.05) is 18.4 Å². The van der Waals surface area contributed by atoms with Crippen molar-refractivity contribution in [3.63, 3.8) is 0 Å². The first-order valence-corrected chi connectivity index (χ1v) is 14.6. The molecule has 1 fully saturated rings. The molecule has 1 saturated heterocycles. The van der Waals surface area contributed by atoms with Crippen LogP contribution in [0.5, 0.6) is 11.1 Å². The third-order valence-electron chi connectivity index (χ3n) is 7.23. The van der Waals surface area contributed by atoms with Crippen LogP contribution in [0.4, 0.5) is 8.78 Å². The third-order valence-corrected chi connectivity index (χ3v) is 8.27. The van der Waals surface area contributed by atoms with Gasteiger partial charge in [0.2, 0.25) is 5.88 Å². The molecule has 1 atom stereocenters. The van der Waals surface area contributed by atoms with Gasteiger partial charge in [-0.25, -0.2) is 28.5 Å². The minimum Gasteiger partial charge on any atom is -0.478 e. The number of carboxylic acid groups (broad SMARTS) is 1. The highest BCUT2D eigenvalue weighted by molar-refractivity contribution is 7.13. The molecule has 1 unspecified atom stereocenters. The predicted octanol–water partition coefficient (Wildman–Crippen LogP) is 6.20. The van der Waals surface area contributed by atoms with E-state index in [2.05, 4.69) is 15.0 Å². The van der Waals surface area contributed by atoms with E-state index < -0.39 is 17.6 Å². The maximum absolute atomic E-state index is 15.5. The van der Waals surface area contributed by atoms with E-state index in [9.17, 15) is 9.90 Å². The van der Waals surface area contributed by atoms with Gasteiger partial charge < -0.3 is 23.9 Å². The van der Waals surface area contributed by atoms with Gasteiger partial charge in [-0.15, -0.1) is 0 Å². The number of benzene rings is 2. The van der Waals surface area contributed by atoms with Gasteiger partial charge in [-0.05, 0) is 62.2 Å². The average Bonchev–Trinajstić information content (AvgIpc) is 3.49. The highest BCUT2D eigenvalue weighted by Gasteiger charge is 2.24. The second kappa shape index (κ2) is 12.1. The molecule has 1 aliphatic heterocycles. The smallest absolute Gasteiger partial charge is 0.335 e. The molecule has 4 heterocycles. The lowest BCUT2D eigenvalue weighted by atomic mass is 10.0. The van der Waals surface area contributed by atoms with Gasteiger partial charge in [-0.3, -0.25) is 0 Å². The molecule has 0 amide bonds.